The van der Waals surface area contributed by atoms with Crippen molar-refractivity contribution in [2.24, 2.45) is 0 Å². The van der Waals surface area contributed by atoms with Crippen molar-refractivity contribution in [3.05, 3.63) is 60.7 Å². The van der Waals surface area contributed by atoms with Gasteiger partial charge in [0.1, 0.15) is 5.82 Å². The van der Waals surface area contributed by atoms with Gasteiger partial charge >= 0.3 is 0 Å². The molecule has 6 heteroatoms. The first-order valence-electron chi connectivity index (χ1n) is 7.27. The highest BCUT2D eigenvalue weighted by atomic mass is 32.2. The van der Waals surface area contributed by atoms with Gasteiger partial charge in [-0.1, -0.05) is 18.7 Å². The number of aromatic nitrogens is 2. The Labute approximate surface area is 140 Å². The topological polar surface area (TPSA) is 69.0 Å². The molecule has 1 aromatic heterocycles. The summed E-state index contributed by atoms with van der Waals surface area (Å²) in [5.74, 6) is 0.218. The highest BCUT2D eigenvalue weighted by Crippen LogP contribution is 2.26. The molecule has 0 aliphatic carbocycles. The lowest BCUT2D eigenvalue weighted by molar-refractivity contribution is 0.0962. The molecule has 0 spiro atoms. The van der Waals surface area contributed by atoms with Crippen molar-refractivity contribution in [3.63, 3.8) is 0 Å². The third kappa shape index (κ3) is 2.76. The molecule has 0 fully saturated rings. The number of hydrogen-bond donors (Lipinski definition) is 0. The molecule has 0 aliphatic heterocycles. The lowest BCUT2D eigenvalue weighted by atomic mass is 10.2. The van der Waals surface area contributed by atoms with Gasteiger partial charge in [-0.05, 0) is 43.3 Å². The van der Waals surface area contributed by atoms with Gasteiger partial charge in [0.2, 0.25) is 0 Å². The Hall–Kier alpha value is -2.73. The van der Waals surface area contributed by atoms with Gasteiger partial charge in [0.25, 0.3) is 5.91 Å². The second kappa shape index (κ2) is 5.72. The standard InChI is InChI=1S/C18H16N2O3S/c1-12(2)18(21)20-16-7-5-4-6-15(16)19-17(20)13-8-10-14(11-9-13)24(3,22)23/h4-11H,1H2,2-3H3. The SMILES string of the molecule is C=C(C)C(=O)n1c(-c2ccc(S(C)(=O)=O)cc2)nc2ccccc21. The maximum absolute atomic E-state index is 12.6. The Bertz CT molecular complexity index is 1060. The molecule has 5 nitrogen and oxygen atoms in total. The minimum absolute atomic E-state index is 0.222. The first kappa shape index (κ1) is 16.1. The normalized spacial score (nSPS) is 11.6. The Morgan fingerprint density at radius 3 is 2.29 bits per heavy atom. The fourth-order valence-electron chi connectivity index (χ4n) is 2.47. The van der Waals surface area contributed by atoms with Crippen LogP contribution in [0.15, 0.2) is 65.6 Å². The molecule has 0 radical (unpaired) electrons. The van der Waals surface area contributed by atoms with E-state index in [4.69, 9.17) is 0 Å². The van der Waals surface area contributed by atoms with E-state index in [0.717, 1.165) is 6.26 Å². The van der Waals surface area contributed by atoms with E-state index in [2.05, 4.69) is 11.6 Å². The second-order valence-electron chi connectivity index (χ2n) is 5.64. The van der Waals surface area contributed by atoms with E-state index in [9.17, 15) is 13.2 Å². The minimum atomic E-state index is -3.27. The molecule has 2 aromatic carbocycles. The number of benzene rings is 2. The number of allylic oxidation sites excluding steroid dienone is 1. The van der Waals surface area contributed by atoms with Gasteiger partial charge in [-0.3, -0.25) is 9.36 Å². The number of sulfone groups is 1. The smallest absolute Gasteiger partial charge is 0.259 e. The van der Waals surface area contributed by atoms with Gasteiger partial charge in [0.15, 0.2) is 9.84 Å². The molecule has 0 bridgehead atoms. The summed E-state index contributed by atoms with van der Waals surface area (Å²) in [7, 11) is -3.27. The fraction of sp³-hybridized carbons (Fsp3) is 0.111. The van der Waals surface area contributed by atoms with Crippen molar-refractivity contribution in [2.75, 3.05) is 6.26 Å². The van der Waals surface area contributed by atoms with Crippen molar-refractivity contribution < 1.29 is 13.2 Å². The second-order valence-corrected chi connectivity index (χ2v) is 7.66. The highest BCUT2D eigenvalue weighted by Gasteiger charge is 2.18. The molecule has 122 valence electrons. The molecule has 0 amide bonds. The molecule has 1 heterocycles. The molecular formula is C18H16N2O3S. The fourth-order valence-corrected chi connectivity index (χ4v) is 3.10. The van der Waals surface area contributed by atoms with E-state index >= 15 is 0 Å². The number of rotatable bonds is 3. The lowest BCUT2D eigenvalue weighted by Gasteiger charge is -2.08. The Balaban J connectivity index is 2.24. The number of carbonyl (C=O) groups is 1. The number of carbonyl (C=O) groups excluding carboxylic acids is 1. The van der Waals surface area contributed by atoms with E-state index in [-0.39, 0.29) is 10.8 Å². The maximum Gasteiger partial charge on any atom is 0.259 e. The molecule has 0 atom stereocenters. The van der Waals surface area contributed by atoms with Crippen LogP contribution in [0.3, 0.4) is 0 Å². The minimum Gasteiger partial charge on any atom is -0.269 e. The zero-order chi connectivity index (χ0) is 17.5. The van der Waals surface area contributed by atoms with E-state index in [1.807, 2.05) is 24.3 Å². The van der Waals surface area contributed by atoms with Crippen LogP contribution >= 0.6 is 0 Å². The summed E-state index contributed by atoms with van der Waals surface area (Å²) in [6.45, 7) is 5.37. The van der Waals surface area contributed by atoms with E-state index in [1.165, 1.54) is 16.7 Å². The first-order chi connectivity index (χ1) is 11.3. The molecule has 3 aromatic rings. The molecule has 24 heavy (non-hydrogen) atoms. The monoisotopic (exact) mass is 340 g/mol. The largest absolute Gasteiger partial charge is 0.269 e. The molecular weight excluding hydrogens is 324 g/mol. The third-order valence-corrected chi connectivity index (χ3v) is 4.80. The van der Waals surface area contributed by atoms with Crippen LogP contribution in [0.25, 0.3) is 22.4 Å². The van der Waals surface area contributed by atoms with Gasteiger partial charge < -0.3 is 0 Å². The summed E-state index contributed by atoms with van der Waals surface area (Å²) in [6, 6.07) is 13.7. The third-order valence-electron chi connectivity index (χ3n) is 3.67. The summed E-state index contributed by atoms with van der Waals surface area (Å²) in [5.41, 5.74) is 2.43. The average Bonchev–Trinajstić information content (AvgIpc) is 2.92. The molecule has 0 saturated heterocycles. The van der Waals surface area contributed by atoms with Crippen molar-refractivity contribution >= 4 is 26.8 Å². The number of para-hydroxylation sites is 2. The molecule has 0 saturated carbocycles. The van der Waals surface area contributed by atoms with Crippen molar-refractivity contribution in [1.29, 1.82) is 0 Å². The quantitative estimate of drug-likeness (QED) is 0.686. The van der Waals surface area contributed by atoms with Crippen LogP contribution in [0.1, 0.15) is 11.7 Å². The molecule has 0 unspecified atom stereocenters. The van der Waals surface area contributed by atoms with Gasteiger partial charge in [-0.2, -0.15) is 0 Å². The van der Waals surface area contributed by atoms with Crippen molar-refractivity contribution in [3.8, 4) is 11.4 Å². The summed E-state index contributed by atoms with van der Waals surface area (Å²) in [6.07, 6.45) is 1.15. The van der Waals surface area contributed by atoms with E-state index < -0.39 is 9.84 Å². The zero-order valence-corrected chi connectivity index (χ0v) is 14.2. The van der Waals surface area contributed by atoms with Crippen molar-refractivity contribution in [1.82, 2.24) is 9.55 Å². The summed E-state index contributed by atoms with van der Waals surface area (Å²) in [4.78, 5) is 17.3. The number of hydrogen-bond acceptors (Lipinski definition) is 4. The predicted octanol–water partition coefficient (Wildman–Crippen LogP) is 3.32. The van der Waals surface area contributed by atoms with Crippen LogP contribution in [0.4, 0.5) is 0 Å². The Morgan fingerprint density at radius 1 is 1.08 bits per heavy atom. The molecule has 3 rings (SSSR count). The Morgan fingerprint density at radius 2 is 1.71 bits per heavy atom. The van der Waals surface area contributed by atoms with Crippen molar-refractivity contribution in [2.45, 2.75) is 11.8 Å². The average molecular weight is 340 g/mol. The number of nitrogens with zero attached hydrogens (tertiary/aromatic N) is 2. The van der Waals surface area contributed by atoms with Gasteiger partial charge in [-0.25, -0.2) is 13.4 Å². The van der Waals surface area contributed by atoms with Gasteiger partial charge in [0.05, 0.1) is 15.9 Å². The number of fused-ring (bicyclic) bond motifs is 1. The van der Waals surface area contributed by atoms with Crippen LogP contribution in [-0.4, -0.2) is 30.1 Å². The molecule has 0 aliphatic rings. The molecule has 0 N–H and O–H groups in total. The highest BCUT2D eigenvalue weighted by molar-refractivity contribution is 7.90. The lowest BCUT2D eigenvalue weighted by Crippen LogP contribution is -2.12. The van der Waals surface area contributed by atoms with Crippen LogP contribution in [0.2, 0.25) is 0 Å². The van der Waals surface area contributed by atoms with Crippen LogP contribution in [0.5, 0.6) is 0 Å². The zero-order valence-electron chi connectivity index (χ0n) is 13.4. The summed E-state index contributed by atoms with van der Waals surface area (Å²) in [5, 5.41) is 0. The number of imidazole rings is 1. The maximum atomic E-state index is 12.6. The summed E-state index contributed by atoms with van der Waals surface area (Å²) >= 11 is 0. The van der Waals surface area contributed by atoms with Crippen LogP contribution < -0.4 is 0 Å². The van der Waals surface area contributed by atoms with E-state index in [0.29, 0.717) is 28.0 Å². The van der Waals surface area contributed by atoms with E-state index in [1.54, 1.807) is 19.1 Å². The predicted molar refractivity (Wildman–Crippen MR) is 93.7 cm³/mol. The van der Waals surface area contributed by atoms with Gasteiger partial charge in [-0.15, -0.1) is 0 Å². The summed E-state index contributed by atoms with van der Waals surface area (Å²) < 4.78 is 24.7. The van der Waals surface area contributed by atoms with Crippen LogP contribution in [0, 0.1) is 0 Å². The van der Waals surface area contributed by atoms with Gasteiger partial charge in [0, 0.05) is 17.4 Å². The Kier molecular flexibility index (Phi) is 3.85. The van der Waals surface area contributed by atoms with Crippen LogP contribution in [-0.2, 0) is 9.84 Å². The first-order valence-corrected chi connectivity index (χ1v) is 9.16.